The monoisotopic (exact) mass is 314 g/mol. The second-order valence-electron chi connectivity index (χ2n) is 6.14. The Hall–Kier alpha value is -0.850. The summed E-state index contributed by atoms with van der Waals surface area (Å²) in [6.07, 6.45) is 8.00. The van der Waals surface area contributed by atoms with Gasteiger partial charge in [-0.15, -0.1) is 0 Å². The molecule has 5 nitrogen and oxygen atoms in total. The zero-order chi connectivity index (χ0) is 15.5. The van der Waals surface area contributed by atoms with Gasteiger partial charge in [0.25, 0.3) is 0 Å². The Balaban J connectivity index is 2.18. The minimum Gasteiger partial charge on any atom is -0.390 e. The van der Waals surface area contributed by atoms with E-state index in [2.05, 4.69) is 4.72 Å². The number of hydrogen-bond donors (Lipinski definition) is 2. The number of rotatable bonds is 5. The quantitative estimate of drug-likeness (QED) is 0.821. The summed E-state index contributed by atoms with van der Waals surface area (Å²) >= 11 is 0. The standard InChI is InChI=1S/C15H26N2O3S/c1-12(2)17-10-15(9-14(17)11-18)21(19,20)16-13-7-5-3-4-6-8-13/h9-10,12-13,16,18H,3-8,11H2,1-2H3. The van der Waals surface area contributed by atoms with Crippen LogP contribution in [0, 0.1) is 0 Å². The molecule has 0 aliphatic heterocycles. The molecule has 0 radical (unpaired) electrons. The molecule has 6 heteroatoms. The Morgan fingerprint density at radius 3 is 2.38 bits per heavy atom. The van der Waals surface area contributed by atoms with Crippen molar-refractivity contribution >= 4 is 10.0 Å². The molecular weight excluding hydrogens is 288 g/mol. The Labute approximate surface area is 127 Å². The van der Waals surface area contributed by atoms with Crippen LogP contribution < -0.4 is 4.72 Å². The smallest absolute Gasteiger partial charge is 0.242 e. The summed E-state index contributed by atoms with van der Waals surface area (Å²) in [5, 5.41) is 9.37. The zero-order valence-electron chi connectivity index (χ0n) is 12.9. The molecule has 2 rings (SSSR count). The molecule has 1 aromatic heterocycles. The molecule has 0 atom stereocenters. The first-order valence-electron chi connectivity index (χ1n) is 7.78. The van der Waals surface area contributed by atoms with Crippen LogP contribution in [0.3, 0.4) is 0 Å². The topological polar surface area (TPSA) is 71.3 Å². The Kier molecular flexibility index (Phi) is 5.46. The van der Waals surface area contributed by atoms with E-state index in [9.17, 15) is 13.5 Å². The van der Waals surface area contributed by atoms with E-state index in [0.29, 0.717) is 5.69 Å². The minimum absolute atomic E-state index is 0.0393. The van der Waals surface area contributed by atoms with Crippen LogP contribution in [0.5, 0.6) is 0 Å². The highest BCUT2D eigenvalue weighted by Gasteiger charge is 2.23. The molecule has 1 aromatic rings. The van der Waals surface area contributed by atoms with Gasteiger partial charge in [0.05, 0.1) is 11.5 Å². The van der Waals surface area contributed by atoms with E-state index in [4.69, 9.17) is 0 Å². The average Bonchev–Trinajstić information content (AvgIpc) is 2.73. The molecule has 0 unspecified atom stereocenters. The molecule has 0 saturated heterocycles. The van der Waals surface area contributed by atoms with Gasteiger partial charge in [-0.25, -0.2) is 13.1 Å². The van der Waals surface area contributed by atoms with Gasteiger partial charge in [0.15, 0.2) is 0 Å². The van der Waals surface area contributed by atoms with Crippen LogP contribution in [0.2, 0.25) is 0 Å². The van der Waals surface area contributed by atoms with Crippen molar-refractivity contribution in [2.75, 3.05) is 0 Å². The number of aliphatic hydroxyl groups excluding tert-OH is 1. The first-order chi connectivity index (χ1) is 9.94. The van der Waals surface area contributed by atoms with Crippen LogP contribution in [-0.4, -0.2) is 24.1 Å². The number of aliphatic hydroxyl groups is 1. The van der Waals surface area contributed by atoms with Gasteiger partial charge in [-0.3, -0.25) is 0 Å². The van der Waals surface area contributed by atoms with Crippen molar-refractivity contribution in [3.8, 4) is 0 Å². The van der Waals surface area contributed by atoms with Crippen molar-refractivity contribution < 1.29 is 13.5 Å². The van der Waals surface area contributed by atoms with Crippen LogP contribution in [-0.2, 0) is 16.6 Å². The predicted octanol–water partition coefficient (Wildman–Crippen LogP) is 2.56. The summed E-state index contributed by atoms with van der Waals surface area (Å²) in [4.78, 5) is 0.254. The van der Waals surface area contributed by atoms with Crippen molar-refractivity contribution in [2.45, 2.75) is 76.0 Å². The predicted molar refractivity (Wildman–Crippen MR) is 82.6 cm³/mol. The van der Waals surface area contributed by atoms with E-state index in [0.717, 1.165) is 25.7 Å². The molecule has 1 heterocycles. The Bertz CT molecular complexity index is 555. The van der Waals surface area contributed by atoms with Crippen molar-refractivity contribution in [2.24, 2.45) is 0 Å². The minimum atomic E-state index is -3.50. The average molecular weight is 314 g/mol. The molecule has 1 fully saturated rings. The number of nitrogens with one attached hydrogen (secondary N) is 1. The number of sulfonamides is 1. The van der Waals surface area contributed by atoms with E-state index < -0.39 is 10.0 Å². The molecule has 2 N–H and O–H groups in total. The lowest BCUT2D eigenvalue weighted by atomic mass is 10.1. The van der Waals surface area contributed by atoms with Gasteiger partial charge < -0.3 is 9.67 Å². The van der Waals surface area contributed by atoms with E-state index >= 15 is 0 Å². The summed E-state index contributed by atoms with van der Waals surface area (Å²) in [5.74, 6) is 0. The molecule has 0 aromatic carbocycles. The van der Waals surface area contributed by atoms with Crippen molar-refractivity contribution in [3.63, 3.8) is 0 Å². The molecule has 0 amide bonds. The lowest BCUT2D eigenvalue weighted by Crippen LogP contribution is -2.34. The molecule has 0 bridgehead atoms. The van der Waals surface area contributed by atoms with Crippen molar-refractivity contribution in [1.82, 2.24) is 9.29 Å². The second-order valence-corrected chi connectivity index (χ2v) is 7.85. The third-order valence-electron chi connectivity index (χ3n) is 4.11. The number of aromatic nitrogens is 1. The van der Waals surface area contributed by atoms with Crippen LogP contribution in [0.1, 0.15) is 64.1 Å². The van der Waals surface area contributed by atoms with Gasteiger partial charge >= 0.3 is 0 Å². The number of hydrogen-bond acceptors (Lipinski definition) is 3. The molecule has 1 aliphatic rings. The van der Waals surface area contributed by atoms with Gasteiger partial charge in [0.2, 0.25) is 10.0 Å². The fraction of sp³-hybridized carbons (Fsp3) is 0.733. The number of nitrogens with zero attached hydrogens (tertiary/aromatic N) is 1. The third-order valence-corrected chi connectivity index (χ3v) is 5.60. The Morgan fingerprint density at radius 2 is 1.90 bits per heavy atom. The highest BCUT2D eigenvalue weighted by molar-refractivity contribution is 7.89. The second kappa shape index (κ2) is 6.94. The first-order valence-corrected chi connectivity index (χ1v) is 9.26. The lowest BCUT2D eigenvalue weighted by Gasteiger charge is -2.15. The highest BCUT2D eigenvalue weighted by Crippen LogP contribution is 2.22. The SMILES string of the molecule is CC(C)n1cc(S(=O)(=O)NC2CCCCCC2)cc1CO. The van der Waals surface area contributed by atoms with E-state index in [-0.39, 0.29) is 23.6 Å². The summed E-state index contributed by atoms with van der Waals surface area (Å²) < 4.78 is 29.7. The fourth-order valence-electron chi connectivity index (χ4n) is 2.94. The van der Waals surface area contributed by atoms with Gasteiger partial charge in [0.1, 0.15) is 0 Å². The fourth-order valence-corrected chi connectivity index (χ4v) is 4.29. The van der Waals surface area contributed by atoms with Gasteiger partial charge in [-0.1, -0.05) is 25.7 Å². The van der Waals surface area contributed by atoms with E-state index in [1.807, 2.05) is 18.4 Å². The van der Waals surface area contributed by atoms with Crippen LogP contribution >= 0.6 is 0 Å². The van der Waals surface area contributed by atoms with Crippen molar-refractivity contribution in [1.29, 1.82) is 0 Å². The summed E-state index contributed by atoms with van der Waals surface area (Å²) in [6, 6.07) is 1.73. The summed E-state index contributed by atoms with van der Waals surface area (Å²) in [6.45, 7) is 3.78. The molecular formula is C15H26N2O3S. The first kappa shape index (κ1) is 16.5. The third kappa shape index (κ3) is 4.08. The highest BCUT2D eigenvalue weighted by atomic mass is 32.2. The van der Waals surface area contributed by atoms with E-state index in [1.54, 1.807) is 12.3 Å². The molecule has 120 valence electrons. The maximum Gasteiger partial charge on any atom is 0.242 e. The van der Waals surface area contributed by atoms with Gasteiger partial charge in [0, 0.05) is 24.0 Å². The lowest BCUT2D eigenvalue weighted by molar-refractivity contribution is 0.268. The van der Waals surface area contributed by atoms with Crippen LogP contribution in [0.4, 0.5) is 0 Å². The summed E-state index contributed by atoms with van der Waals surface area (Å²) in [7, 11) is -3.50. The zero-order valence-corrected chi connectivity index (χ0v) is 13.7. The Morgan fingerprint density at radius 1 is 1.29 bits per heavy atom. The molecule has 1 aliphatic carbocycles. The molecule has 21 heavy (non-hydrogen) atoms. The van der Waals surface area contributed by atoms with Crippen LogP contribution in [0.25, 0.3) is 0 Å². The molecule has 0 spiro atoms. The van der Waals surface area contributed by atoms with Crippen LogP contribution in [0.15, 0.2) is 17.2 Å². The maximum atomic E-state index is 12.5. The largest absolute Gasteiger partial charge is 0.390 e. The van der Waals surface area contributed by atoms with E-state index in [1.165, 1.54) is 12.8 Å². The van der Waals surface area contributed by atoms with Gasteiger partial charge in [-0.05, 0) is 32.8 Å². The van der Waals surface area contributed by atoms with Gasteiger partial charge in [-0.2, -0.15) is 0 Å². The van der Waals surface area contributed by atoms with Crippen molar-refractivity contribution in [3.05, 3.63) is 18.0 Å². The summed E-state index contributed by atoms with van der Waals surface area (Å²) in [5.41, 5.74) is 0.631. The molecule has 1 saturated carbocycles. The maximum absolute atomic E-state index is 12.5. The normalized spacial score (nSPS) is 18.1.